The number of carboxylic acids is 1. The van der Waals surface area contributed by atoms with Gasteiger partial charge < -0.3 is 26.0 Å². The van der Waals surface area contributed by atoms with E-state index in [1.165, 1.54) is 4.90 Å². The van der Waals surface area contributed by atoms with E-state index in [-0.39, 0.29) is 12.3 Å². The Balaban J connectivity index is 1.87. The molecule has 2 amide bonds. The van der Waals surface area contributed by atoms with Gasteiger partial charge in [-0.05, 0) is 31.4 Å². The third-order valence-corrected chi connectivity index (χ3v) is 4.95. The zero-order chi connectivity index (χ0) is 19.6. The summed E-state index contributed by atoms with van der Waals surface area (Å²) in [5.74, 6) is -1.86. The lowest BCUT2D eigenvalue weighted by Crippen LogP contribution is -2.54. The Morgan fingerprint density at radius 1 is 1.37 bits per heavy atom. The maximum absolute atomic E-state index is 13.1. The minimum atomic E-state index is -1.02. The van der Waals surface area contributed by atoms with E-state index in [0.717, 1.165) is 16.5 Å². The van der Waals surface area contributed by atoms with Crippen LogP contribution in [0.1, 0.15) is 25.3 Å². The summed E-state index contributed by atoms with van der Waals surface area (Å²) in [7, 11) is 0. The molecule has 1 aliphatic heterocycles. The Labute approximate surface area is 156 Å². The third-order valence-electron chi connectivity index (χ3n) is 4.95. The predicted octanol–water partition coefficient (Wildman–Crippen LogP) is 0.618. The summed E-state index contributed by atoms with van der Waals surface area (Å²) >= 11 is 0. The Bertz CT molecular complexity index is 860. The van der Waals surface area contributed by atoms with Gasteiger partial charge in [-0.15, -0.1) is 0 Å². The van der Waals surface area contributed by atoms with Crippen molar-refractivity contribution >= 4 is 28.7 Å². The van der Waals surface area contributed by atoms with Crippen molar-refractivity contribution in [2.45, 2.75) is 44.3 Å². The van der Waals surface area contributed by atoms with Crippen molar-refractivity contribution in [3.8, 4) is 0 Å². The largest absolute Gasteiger partial charge is 0.480 e. The molecule has 8 heteroatoms. The van der Waals surface area contributed by atoms with Gasteiger partial charge in [-0.25, -0.2) is 4.79 Å². The average Bonchev–Trinajstić information content (AvgIpc) is 3.28. The van der Waals surface area contributed by atoms with Gasteiger partial charge in [-0.1, -0.05) is 18.2 Å². The number of carbonyl (C=O) groups excluding carboxylic acids is 2. The Kier molecular flexibility index (Phi) is 5.46. The molecule has 144 valence electrons. The van der Waals surface area contributed by atoms with E-state index in [4.69, 9.17) is 5.73 Å². The van der Waals surface area contributed by atoms with E-state index in [1.54, 1.807) is 6.92 Å². The Morgan fingerprint density at radius 3 is 2.81 bits per heavy atom. The van der Waals surface area contributed by atoms with Crippen molar-refractivity contribution in [3.63, 3.8) is 0 Å². The molecule has 1 fully saturated rings. The molecule has 27 heavy (non-hydrogen) atoms. The molecule has 3 rings (SSSR count). The second-order valence-corrected chi connectivity index (χ2v) is 6.94. The summed E-state index contributed by atoms with van der Waals surface area (Å²) in [4.78, 5) is 41.2. The zero-order valence-electron chi connectivity index (χ0n) is 15.1. The van der Waals surface area contributed by atoms with Crippen LogP contribution in [0.2, 0.25) is 0 Å². The fraction of sp³-hybridized carbons (Fsp3) is 0.421. The highest BCUT2D eigenvalue weighted by Crippen LogP contribution is 2.22. The van der Waals surface area contributed by atoms with E-state index >= 15 is 0 Å². The van der Waals surface area contributed by atoms with Crippen LogP contribution in [0, 0.1) is 0 Å². The lowest BCUT2D eigenvalue weighted by Gasteiger charge is -2.27. The number of nitrogens with two attached hydrogens (primary N) is 1. The van der Waals surface area contributed by atoms with Crippen molar-refractivity contribution in [2.24, 2.45) is 5.73 Å². The number of carbonyl (C=O) groups is 3. The normalized spacial score (nSPS) is 19.0. The Morgan fingerprint density at radius 2 is 2.11 bits per heavy atom. The first-order chi connectivity index (χ1) is 12.9. The van der Waals surface area contributed by atoms with Crippen LogP contribution in [0.5, 0.6) is 0 Å². The molecule has 1 saturated heterocycles. The number of hydrogen-bond donors (Lipinski definition) is 4. The van der Waals surface area contributed by atoms with Crippen LogP contribution in [0.25, 0.3) is 10.9 Å². The highest BCUT2D eigenvalue weighted by atomic mass is 16.4. The lowest BCUT2D eigenvalue weighted by atomic mass is 10.0. The first-order valence-electron chi connectivity index (χ1n) is 9.02. The number of hydrogen-bond acceptors (Lipinski definition) is 4. The van der Waals surface area contributed by atoms with Gasteiger partial charge in [-0.3, -0.25) is 9.59 Å². The molecule has 3 unspecified atom stereocenters. The molecule has 8 nitrogen and oxygen atoms in total. The fourth-order valence-corrected chi connectivity index (χ4v) is 3.51. The molecular formula is C19H24N4O4. The molecule has 1 aliphatic rings. The number of H-pyrrole nitrogens is 1. The average molecular weight is 372 g/mol. The van der Waals surface area contributed by atoms with Crippen LogP contribution >= 0.6 is 0 Å². The standard InChI is InChI=1S/C19H24N4O4/c1-11(20)17(24)22-15(18(25)23-8-4-7-16(23)19(26)27)9-12-10-21-14-6-3-2-5-13(12)14/h2-3,5-6,10-11,15-16,21H,4,7-9,20H2,1H3,(H,22,24)(H,26,27). The number of para-hydroxylation sites is 1. The summed E-state index contributed by atoms with van der Waals surface area (Å²) in [6, 6.07) is 5.18. The third kappa shape index (κ3) is 3.95. The molecule has 0 aliphatic carbocycles. The molecule has 2 aromatic rings. The number of rotatable bonds is 6. The van der Waals surface area contributed by atoms with E-state index in [2.05, 4.69) is 10.3 Å². The SMILES string of the molecule is CC(N)C(=O)NC(Cc1c[nH]c2ccccc12)C(=O)N1CCCC1C(=O)O. The molecule has 0 bridgehead atoms. The van der Waals surface area contributed by atoms with Gasteiger partial charge in [-0.2, -0.15) is 0 Å². The van der Waals surface area contributed by atoms with E-state index in [1.807, 2.05) is 30.5 Å². The highest BCUT2D eigenvalue weighted by Gasteiger charge is 2.38. The number of aliphatic carboxylic acids is 1. The number of aromatic nitrogens is 1. The first kappa shape index (κ1) is 18.9. The van der Waals surface area contributed by atoms with Gasteiger partial charge in [0, 0.05) is 30.1 Å². The first-order valence-corrected chi connectivity index (χ1v) is 9.02. The quantitative estimate of drug-likeness (QED) is 0.591. The number of benzene rings is 1. The van der Waals surface area contributed by atoms with Crippen molar-refractivity contribution < 1.29 is 19.5 Å². The molecule has 1 aromatic carbocycles. The summed E-state index contributed by atoms with van der Waals surface area (Å²) in [5.41, 5.74) is 7.45. The molecular weight excluding hydrogens is 348 g/mol. The van der Waals surface area contributed by atoms with Crippen LogP contribution in [0.15, 0.2) is 30.5 Å². The summed E-state index contributed by atoms with van der Waals surface area (Å²) in [6.07, 6.45) is 3.11. The Hall–Kier alpha value is -2.87. The van der Waals surface area contributed by atoms with Crippen LogP contribution in [0.4, 0.5) is 0 Å². The summed E-state index contributed by atoms with van der Waals surface area (Å²) in [6.45, 7) is 1.91. The van der Waals surface area contributed by atoms with Gasteiger partial charge in [0.15, 0.2) is 0 Å². The predicted molar refractivity (Wildman–Crippen MR) is 100.0 cm³/mol. The number of nitrogens with zero attached hydrogens (tertiary/aromatic N) is 1. The lowest BCUT2D eigenvalue weighted by molar-refractivity contribution is -0.149. The van der Waals surface area contributed by atoms with Crippen molar-refractivity contribution in [1.82, 2.24) is 15.2 Å². The van der Waals surface area contributed by atoms with Crippen molar-refractivity contribution in [3.05, 3.63) is 36.0 Å². The number of nitrogens with one attached hydrogen (secondary N) is 2. The highest BCUT2D eigenvalue weighted by molar-refractivity contribution is 5.93. The molecule has 5 N–H and O–H groups in total. The molecule has 0 saturated carbocycles. The molecule has 1 aromatic heterocycles. The van der Waals surface area contributed by atoms with Crippen molar-refractivity contribution in [1.29, 1.82) is 0 Å². The number of fused-ring (bicyclic) bond motifs is 1. The number of amides is 2. The smallest absolute Gasteiger partial charge is 0.326 e. The summed E-state index contributed by atoms with van der Waals surface area (Å²) in [5, 5.41) is 13.0. The number of aromatic amines is 1. The fourth-order valence-electron chi connectivity index (χ4n) is 3.51. The molecule has 0 spiro atoms. The van der Waals surface area contributed by atoms with Gasteiger partial charge >= 0.3 is 5.97 Å². The maximum atomic E-state index is 13.1. The minimum absolute atomic E-state index is 0.254. The monoisotopic (exact) mass is 372 g/mol. The summed E-state index contributed by atoms with van der Waals surface area (Å²) < 4.78 is 0. The second kappa shape index (κ2) is 7.79. The van der Waals surface area contributed by atoms with Gasteiger partial charge in [0.25, 0.3) is 0 Å². The maximum Gasteiger partial charge on any atom is 0.326 e. The van der Waals surface area contributed by atoms with Gasteiger partial charge in [0.05, 0.1) is 6.04 Å². The minimum Gasteiger partial charge on any atom is -0.480 e. The van der Waals surface area contributed by atoms with Gasteiger partial charge in [0.2, 0.25) is 11.8 Å². The molecule has 0 radical (unpaired) electrons. The molecule has 2 heterocycles. The molecule has 3 atom stereocenters. The van der Waals surface area contributed by atoms with Crippen LogP contribution < -0.4 is 11.1 Å². The van der Waals surface area contributed by atoms with Gasteiger partial charge in [0.1, 0.15) is 12.1 Å². The number of likely N-dealkylation sites (tertiary alicyclic amines) is 1. The van der Waals surface area contributed by atoms with Crippen LogP contribution in [0.3, 0.4) is 0 Å². The zero-order valence-corrected chi connectivity index (χ0v) is 15.1. The van der Waals surface area contributed by atoms with E-state index in [0.29, 0.717) is 19.4 Å². The topological polar surface area (TPSA) is 129 Å². The van der Waals surface area contributed by atoms with Crippen LogP contribution in [-0.4, -0.2) is 57.4 Å². The second-order valence-electron chi connectivity index (χ2n) is 6.94. The van der Waals surface area contributed by atoms with Crippen LogP contribution in [-0.2, 0) is 20.8 Å². The van der Waals surface area contributed by atoms with E-state index in [9.17, 15) is 19.5 Å². The number of carboxylic acid groups (broad SMARTS) is 1. The van der Waals surface area contributed by atoms with E-state index < -0.39 is 30.0 Å². The van der Waals surface area contributed by atoms with Crippen molar-refractivity contribution in [2.75, 3.05) is 6.54 Å².